The third-order valence-corrected chi connectivity index (χ3v) is 10.8. The molecule has 1 fully saturated rings. The van der Waals surface area contributed by atoms with Crippen LogP contribution < -0.4 is 0 Å². The van der Waals surface area contributed by atoms with Gasteiger partial charge in [0.05, 0.1) is 0 Å². The molecule has 1 aliphatic carbocycles. The van der Waals surface area contributed by atoms with Gasteiger partial charge in [-0.15, -0.1) is 0 Å². The van der Waals surface area contributed by atoms with Crippen molar-refractivity contribution in [2.75, 3.05) is 0 Å². The quantitative estimate of drug-likeness (QED) is 0.543. The highest BCUT2D eigenvalue weighted by atomic mass is 35.5. The fourth-order valence-corrected chi connectivity index (χ4v) is 4.75. The van der Waals surface area contributed by atoms with Crippen LogP contribution in [-0.4, -0.2) is 14.4 Å². The highest BCUT2D eigenvalue weighted by Crippen LogP contribution is 2.40. The van der Waals surface area contributed by atoms with E-state index in [2.05, 4.69) is 52.9 Å². The maximum Gasteiger partial charge on any atom is 0.192 e. The Hall–Kier alpha value is -0.313. The first kappa shape index (κ1) is 19.0. The second kappa shape index (κ2) is 7.29. The monoisotopic (exact) mass is 352 g/mol. The van der Waals surface area contributed by atoms with E-state index >= 15 is 0 Å². The van der Waals surface area contributed by atoms with E-state index in [1.54, 1.807) is 0 Å². The van der Waals surface area contributed by atoms with Crippen molar-refractivity contribution in [1.82, 2.24) is 0 Å². The summed E-state index contributed by atoms with van der Waals surface area (Å²) in [5.41, 5.74) is 2.62. The average molecular weight is 353 g/mol. The molecule has 0 saturated heterocycles. The highest BCUT2D eigenvalue weighted by molar-refractivity contribution is 6.74. The molecule has 23 heavy (non-hydrogen) atoms. The normalized spacial score (nSPS) is 23.1. The third kappa shape index (κ3) is 5.08. The zero-order valence-electron chi connectivity index (χ0n) is 15.7. The van der Waals surface area contributed by atoms with Crippen LogP contribution in [0.4, 0.5) is 0 Å². The lowest BCUT2D eigenvalue weighted by Gasteiger charge is -2.41. The molecule has 1 nitrogen and oxygen atoms in total. The highest BCUT2D eigenvalue weighted by Gasteiger charge is 2.39. The van der Waals surface area contributed by atoms with Gasteiger partial charge in [0.2, 0.25) is 0 Å². The molecule has 0 spiro atoms. The number of benzene rings is 1. The molecule has 0 amide bonds. The molecule has 2 rings (SSSR count). The minimum absolute atomic E-state index is 0.310. The van der Waals surface area contributed by atoms with Crippen LogP contribution in [-0.2, 0) is 10.8 Å². The molecule has 3 heteroatoms. The fourth-order valence-electron chi connectivity index (χ4n) is 3.21. The number of rotatable bonds is 4. The van der Waals surface area contributed by atoms with Crippen molar-refractivity contribution in [3.8, 4) is 0 Å². The molecule has 0 unspecified atom stereocenters. The minimum Gasteiger partial charge on any atom is -0.414 e. The van der Waals surface area contributed by atoms with Crippen LogP contribution in [0.1, 0.15) is 57.6 Å². The first-order chi connectivity index (χ1) is 10.6. The summed E-state index contributed by atoms with van der Waals surface area (Å²) >= 11 is 6.13. The van der Waals surface area contributed by atoms with Crippen LogP contribution in [0, 0.1) is 12.8 Å². The molecule has 1 aromatic carbocycles. The molecular weight excluding hydrogens is 320 g/mol. The van der Waals surface area contributed by atoms with Crippen molar-refractivity contribution < 1.29 is 4.43 Å². The van der Waals surface area contributed by atoms with E-state index in [1.807, 2.05) is 6.07 Å². The Bertz CT molecular complexity index is 525. The summed E-state index contributed by atoms with van der Waals surface area (Å²) in [6, 6.07) is 6.48. The second-order valence-corrected chi connectivity index (χ2v) is 14.0. The van der Waals surface area contributed by atoms with Gasteiger partial charge in [0, 0.05) is 11.1 Å². The van der Waals surface area contributed by atoms with Gasteiger partial charge < -0.3 is 4.43 Å². The average Bonchev–Trinajstić information content (AvgIpc) is 2.43. The van der Waals surface area contributed by atoms with Gasteiger partial charge in [0.15, 0.2) is 8.32 Å². The summed E-state index contributed by atoms with van der Waals surface area (Å²) < 4.78 is 6.60. The molecule has 130 valence electrons. The molecule has 1 saturated carbocycles. The summed E-state index contributed by atoms with van der Waals surface area (Å²) in [7, 11) is -1.62. The van der Waals surface area contributed by atoms with Gasteiger partial charge in [-0.3, -0.25) is 0 Å². The van der Waals surface area contributed by atoms with Gasteiger partial charge in [-0.05, 0) is 80.3 Å². The number of aryl methyl sites for hydroxylation is 1. The summed E-state index contributed by atoms with van der Waals surface area (Å²) in [6.45, 7) is 13.8. The number of hydrogen-bond donors (Lipinski definition) is 0. The minimum atomic E-state index is -1.62. The molecule has 0 bridgehead atoms. The Morgan fingerprint density at radius 1 is 1.13 bits per heavy atom. The van der Waals surface area contributed by atoms with Crippen molar-refractivity contribution in [2.45, 2.75) is 84.0 Å². The van der Waals surface area contributed by atoms with Crippen LogP contribution >= 0.6 is 11.6 Å². The number of hydrogen-bond acceptors (Lipinski definition) is 1. The maximum absolute atomic E-state index is 6.60. The van der Waals surface area contributed by atoms with Crippen LogP contribution in [0.25, 0.3) is 0 Å². The molecule has 0 atom stereocenters. The second-order valence-electron chi connectivity index (χ2n) is 8.81. The molecule has 1 aliphatic rings. The summed E-state index contributed by atoms with van der Waals surface area (Å²) in [5.74, 6) is 0.801. The lowest BCUT2D eigenvalue weighted by atomic mass is 9.83. The van der Waals surface area contributed by atoms with Gasteiger partial charge in [0.25, 0.3) is 0 Å². The zero-order valence-corrected chi connectivity index (χ0v) is 17.5. The van der Waals surface area contributed by atoms with Crippen molar-refractivity contribution in [2.24, 2.45) is 5.92 Å². The van der Waals surface area contributed by atoms with E-state index < -0.39 is 8.32 Å². The van der Waals surface area contributed by atoms with E-state index in [4.69, 9.17) is 16.0 Å². The summed E-state index contributed by atoms with van der Waals surface area (Å²) in [6.07, 6.45) is 6.71. The Labute approximate surface area is 148 Å². The summed E-state index contributed by atoms with van der Waals surface area (Å²) in [4.78, 5) is 0. The van der Waals surface area contributed by atoms with E-state index in [1.165, 1.54) is 43.2 Å². The van der Waals surface area contributed by atoms with Gasteiger partial charge in [-0.2, -0.15) is 0 Å². The van der Waals surface area contributed by atoms with E-state index in [-0.39, 0.29) is 0 Å². The molecule has 0 heterocycles. The molecular formula is C20H33ClOSi. The van der Waals surface area contributed by atoms with Crippen LogP contribution in [0.2, 0.25) is 23.2 Å². The zero-order chi connectivity index (χ0) is 17.3. The van der Waals surface area contributed by atoms with Crippen molar-refractivity contribution in [3.63, 3.8) is 0 Å². The van der Waals surface area contributed by atoms with E-state index in [0.717, 1.165) is 10.9 Å². The lowest BCUT2D eigenvalue weighted by molar-refractivity contribution is 0.116. The summed E-state index contributed by atoms with van der Waals surface area (Å²) in [5, 5.41) is 1.19. The predicted octanol–water partition coefficient (Wildman–Crippen LogP) is 6.77. The van der Waals surface area contributed by atoms with Gasteiger partial charge in [-0.1, -0.05) is 44.5 Å². The Kier molecular flexibility index (Phi) is 6.03. The van der Waals surface area contributed by atoms with Gasteiger partial charge in [-0.25, -0.2) is 0 Å². The number of halogens is 1. The largest absolute Gasteiger partial charge is 0.414 e. The maximum atomic E-state index is 6.60. The standard InChI is InChI=1S/C20H33ClOSi/c1-15-13-17(9-12-19(15)21)14-16-7-10-18(11-8-16)22-23(5,6)20(2,3)4/h9,12-13,16,18H,7-8,10-11,14H2,1-6H3. The predicted molar refractivity (Wildman–Crippen MR) is 104 cm³/mol. The Morgan fingerprint density at radius 3 is 2.26 bits per heavy atom. The molecule has 0 radical (unpaired) electrons. The lowest BCUT2D eigenvalue weighted by Crippen LogP contribution is -2.44. The first-order valence-electron chi connectivity index (χ1n) is 9.01. The van der Waals surface area contributed by atoms with Crippen molar-refractivity contribution in [3.05, 3.63) is 34.3 Å². The van der Waals surface area contributed by atoms with Gasteiger partial charge in [0.1, 0.15) is 0 Å². The van der Waals surface area contributed by atoms with Crippen LogP contribution in [0.5, 0.6) is 0 Å². The van der Waals surface area contributed by atoms with Crippen LogP contribution in [0.3, 0.4) is 0 Å². The first-order valence-corrected chi connectivity index (χ1v) is 12.3. The van der Waals surface area contributed by atoms with Crippen LogP contribution in [0.15, 0.2) is 18.2 Å². The van der Waals surface area contributed by atoms with Crippen molar-refractivity contribution >= 4 is 19.9 Å². The molecule has 0 aliphatic heterocycles. The van der Waals surface area contributed by atoms with Crippen molar-refractivity contribution in [1.29, 1.82) is 0 Å². The molecule has 0 aromatic heterocycles. The molecule has 0 N–H and O–H groups in total. The SMILES string of the molecule is Cc1cc(CC2CCC(O[Si](C)(C)C(C)(C)C)CC2)ccc1Cl. The third-order valence-electron chi connectivity index (χ3n) is 5.81. The molecule has 1 aromatic rings. The topological polar surface area (TPSA) is 9.23 Å². The van der Waals surface area contributed by atoms with Gasteiger partial charge >= 0.3 is 0 Å². The smallest absolute Gasteiger partial charge is 0.192 e. The fraction of sp³-hybridized carbons (Fsp3) is 0.700. The van der Waals surface area contributed by atoms with E-state index in [9.17, 15) is 0 Å². The Morgan fingerprint density at radius 2 is 1.74 bits per heavy atom. The Balaban J connectivity index is 1.85. The van der Waals surface area contributed by atoms with E-state index in [0.29, 0.717) is 11.1 Å².